The molecule has 0 N–H and O–H groups in total. The third-order valence-electron chi connectivity index (χ3n) is 10.1. The van der Waals surface area contributed by atoms with E-state index >= 15 is 0 Å². The molecule has 2 atom stereocenters. The monoisotopic (exact) mass is 553 g/mol. The normalized spacial score (nSPS) is 21.3. The predicted molar refractivity (Wildman–Crippen MR) is 185 cm³/mol. The van der Waals surface area contributed by atoms with Gasteiger partial charge in [-0.1, -0.05) is 103 Å². The second kappa shape index (κ2) is 9.71. The van der Waals surface area contributed by atoms with Gasteiger partial charge in [0.2, 0.25) is 0 Å². The quantitative estimate of drug-likeness (QED) is 0.151. The highest BCUT2D eigenvalue weighted by Gasteiger charge is 2.43. The lowest BCUT2D eigenvalue weighted by Gasteiger charge is -2.18. The first-order valence-corrected chi connectivity index (χ1v) is 15.9. The van der Waals surface area contributed by atoms with E-state index in [1.165, 1.54) is 90.1 Å². The van der Waals surface area contributed by atoms with Crippen LogP contribution in [0.1, 0.15) is 60.9 Å². The fraction of sp³-hybridized carbons (Fsp3) is 0.190. The van der Waals surface area contributed by atoms with Crippen molar-refractivity contribution >= 4 is 50.3 Å². The SMILES string of the molecule is CC1=Cc2c(c3ccccc3c3ccc(-c4cccc5c4c4c(n5C5=CC=CCC=C5)C5CC5CC=C4)cc23)C/C=C\C1. The summed E-state index contributed by atoms with van der Waals surface area (Å²) < 4.78 is 2.59. The first-order chi connectivity index (χ1) is 21.3. The Morgan fingerprint density at radius 1 is 0.744 bits per heavy atom. The van der Waals surface area contributed by atoms with Crippen LogP contribution in [-0.2, 0) is 6.42 Å². The number of hydrogen-bond donors (Lipinski definition) is 0. The summed E-state index contributed by atoms with van der Waals surface area (Å²) in [7, 11) is 0. The summed E-state index contributed by atoms with van der Waals surface area (Å²) >= 11 is 0. The summed E-state index contributed by atoms with van der Waals surface area (Å²) in [6.45, 7) is 2.27. The average molecular weight is 554 g/mol. The molecule has 4 aromatic carbocycles. The van der Waals surface area contributed by atoms with Crippen molar-refractivity contribution in [2.24, 2.45) is 5.92 Å². The molecule has 1 nitrogen and oxygen atoms in total. The second-order valence-corrected chi connectivity index (χ2v) is 12.8. The van der Waals surface area contributed by atoms with Gasteiger partial charge in [-0.05, 0) is 113 Å². The number of rotatable bonds is 2. The van der Waals surface area contributed by atoms with E-state index in [0.29, 0.717) is 5.92 Å². The first kappa shape index (κ1) is 24.9. The third-order valence-corrected chi connectivity index (χ3v) is 10.1. The van der Waals surface area contributed by atoms with Gasteiger partial charge in [0.1, 0.15) is 0 Å². The average Bonchev–Trinajstić information content (AvgIpc) is 3.80. The van der Waals surface area contributed by atoms with Crippen LogP contribution in [0.15, 0.2) is 115 Å². The maximum atomic E-state index is 2.59. The van der Waals surface area contributed by atoms with Crippen molar-refractivity contribution < 1.29 is 0 Å². The van der Waals surface area contributed by atoms with Gasteiger partial charge in [-0.3, -0.25) is 0 Å². The molecule has 0 aliphatic heterocycles. The van der Waals surface area contributed by atoms with E-state index < -0.39 is 0 Å². The van der Waals surface area contributed by atoms with Gasteiger partial charge in [0.15, 0.2) is 0 Å². The number of benzene rings is 4. The number of nitrogens with zero attached hydrogens (tertiary/aromatic N) is 1. The Bertz CT molecular complexity index is 2170. The lowest BCUT2D eigenvalue weighted by Crippen LogP contribution is -2.01. The zero-order valence-corrected chi connectivity index (χ0v) is 24.7. The van der Waals surface area contributed by atoms with Gasteiger partial charge in [-0.15, -0.1) is 0 Å². The number of hydrogen-bond acceptors (Lipinski definition) is 0. The van der Waals surface area contributed by atoms with E-state index in [4.69, 9.17) is 0 Å². The Balaban J connectivity index is 1.35. The van der Waals surface area contributed by atoms with Crippen molar-refractivity contribution in [2.45, 2.75) is 44.9 Å². The minimum Gasteiger partial charge on any atom is -0.313 e. The summed E-state index contributed by atoms with van der Waals surface area (Å²) in [5.41, 5.74) is 12.4. The highest BCUT2D eigenvalue weighted by Crippen LogP contribution is 2.56. The van der Waals surface area contributed by atoms with E-state index in [2.05, 4.69) is 133 Å². The smallest absolute Gasteiger partial charge is 0.0544 e. The van der Waals surface area contributed by atoms with E-state index in [-0.39, 0.29) is 0 Å². The van der Waals surface area contributed by atoms with E-state index in [1.54, 1.807) is 0 Å². The molecule has 1 heteroatoms. The zero-order chi connectivity index (χ0) is 28.5. The van der Waals surface area contributed by atoms with Crippen LogP contribution in [0, 0.1) is 5.92 Å². The molecule has 9 rings (SSSR count). The number of fused-ring (bicyclic) bond motifs is 11. The van der Waals surface area contributed by atoms with Gasteiger partial charge in [0, 0.05) is 28.3 Å². The van der Waals surface area contributed by atoms with Crippen LogP contribution in [0.25, 0.3) is 61.4 Å². The van der Waals surface area contributed by atoms with Gasteiger partial charge >= 0.3 is 0 Å². The van der Waals surface area contributed by atoms with Crippen molar-refractivity contribution in [2.75, 3.05) is 0 Å². The summed E-state index contributed by atoms with van der Waals surface area (Å²) in [6, 6.07) is 23.2. The van der Waals surface area contributed by atoms with E-state index in [9.17, 15) is 0 Å². The second-order valence-electron chi connectivity index (χ2n) is 12.8. The van der Waals surface area contributed by atoms with Crippen molar-refractivity contribution in [3.05, 3.63) is 137 Å². The molecule has 5 aromatic rings. The maximum Gasteiger partial charge on any atom is 0.0544 e. The van der Waals surface area contributed by atoms with Crippen molar-refractivity contribution in [3.63, 3.8) is 0 Å². The van der Waals surface area contributed by atoms with Crippen LogP contribution in [0.3, 0.4) is 0 Å². The molecule has 1 fully saturated rings. The van der Waals surface area contributed by atoms with Gasteiger partial charge in [0.05, 0.1) is 5.52 Å². The molecule has 0 saturated heterocycles. The number of allylic oxidation sites excluding steroid dienone is 10. The van der Waals surface area contributed by atoms with Crippen molar-refractivity contribution in [1.82, 2.24) is 4.57 Å². The molecule has 0 spiro atoms. The fourth-order valence-electron chi connectivity index (χ4n) is 7.98. The van der Waals surface area contributed by atoms with Crippen LogP contribution in [0.2, 0.25) is 0 Å². The Hall–Kier alpha value is -4.62. The Labute approximate surface area is 253 Å². The maximum absolute atomic E-state index is 2.59. The van der Waals surface area contributed by atoms with E-state index in [1.807, 2.05) is 0 Å². The number of aromatic nitrogens is 1. The molecular weight excluding hydrogens is 518 g/mol. The third kappa shape index (κ3) is 3.91. The standard InChI is InChI=1S/C42H35N/c1-27-12-6-7-18-34-32-16-8-9-17-33(32)35-23-22-29(26-39(35)38(34)24-27)31-19-11-21-40-41(31)36-20-10-13-28-25-37(28)42(36)43(40)30-14-4-2-3-5-15-30/h2,4-11,14-17,19-24,26,28,37H,3,12-13,18,25H2,1H3/b7-6-,27-24?. The molecular formula is C42H35N. The highest BCUT2D eigenvalue weighted by atomic mass is 15.0. The van der Waals surface area contributed by atoms with Gasteiger partial charge in [0.25, 0.3) is 0 Å². The van der Waals surface area contributed by atoms with Crippen LogP contribution >= 0.6 is 0 Å². The molecule has 208 valence electrons. The minimum atomic E-state index is 0.635. The summed E-state index contributed by atoms with van der Waals surface area (Å²) in [4.78, 5) is 0. The lowest BCUT2D eigenvalue weighted by atomic mass is 9.86. The van der Waals surface area contributed by atoms with Crippen LogP contribution in [-0.4, -0.2) is 4.57 Å². The van der Waals surface area contributed by atoms with Gasteiger partial charge in [-0.2, -0.15) is 0 Å². The summed E-state index contributed by atoms with van der Waals surface area (Å²) in [6.07, 6.45) is 28.8. The Kier molecular flexibility index (Phi) is 5.63. The summed E-state index contributed by atoms with van der Waals surface area (Å²) in [5, 5.41) is 6.82. The van der Waals surface area contributed by atoms with Crippen LogP contribution < -0.4 is 0 Å². The molecule has 1 heterocycles. The lowest BCUT2D eigenvalue weighted by molar-refractivity contribution is 0.805. The fourth-order valence-corrected chi connectivity index (χ4v) is 7.98. The Morgan fingerprint density at radius 3 is 2.58 bits per heavy atom. The van der Waals surface area contributed by atoms with Crippen molar-refractivity contribution in [3.8, 4) is 11.1 Å². The van der Waals surface area contributed by atoms with Crippen LogP contribution in [0.5, 0.6) is 0 Å². The molecule has 0 amide bonds. The van der Waals surface area contributed by atoms with Gasteiger partial charge < -0.3 is 4.57 Å². The molecule has 0 radical (unpaired) electrons. The molecule has 4 aliphatic carbocycles. The summed E-state index contributed by atoms with van der Waals surface area (Å²) in [5.74, 6) is 1.41. The minimum absolute atomic E-state index is 0.635. The topological polar surface area (TPSA) is 4.93 Å². The van der Waals surface area contributed by atoms with Gasteiger partial charge in [-0.25, -0.2) is 0 Å². The molecule has 1 saturated carbocycles. The largest absolute Gasteiger partial charge is 0.313 e. The molecule has 4 aliphatic rings. The molecule has 1 aromatic heterocycles. The molecule has 0 bridgehead atoms. The predicted octanol–water partition coefficient (Wildman–Crippen LogP) is 11.4. The van der Waals surface area contributed by atoms with Crippen LogP contribution in [0.4, 0.5) is 0 Å². The molecule has 43 heavy (non-hydrogen) atoms. The zero-order valence-electron chi connectivity index (χ0n) is 24.7. The first-order valence-electron chi connectivity index (χ1n) is 15.9. The Morgan fingerprint density at radius 2 is 1.63 bits per heavy atom. The van der Waals surface area contributed by atoms with E-state index in [0.717, 1.165) is 25.2 Å². The molecule has 2 unspecified atom stereocenters. The highest BCUT2D eigenvalue weighted by molar-refractivity contribution is 6.15. The van der Waals surface area contributed by atoms with Crippen molar-refractivity contribution in [1.29, 1.82) is 0 Å².